The van der Waals surface area contributed by atoms with Gasteiger partial charge in [-0.2, -0.15) is 0 Å². The number of benzene rings is 2. The predicted octanol–water partition coefficient (Wildman–Crippen LogP) is 2.12. The maximum atomic E-state index is 11.0. The van der Waals surface area contributed by atoms with Crippen molar-refractivity contribution in [1.29, 1.82) is 0 Å². The maximum absolute atomic E-state index is 11.0. The van der Waals surface area contributed by atoms with Crippen molar-refractivity contribution in [1.82, 2.24) is 0 Å². The molecule has 2 aromatic carbocycles. The number of carboxylic acid groups (broad SMARTS) is 1. The number of carbonyl (C=O) groups is 1. The van der Waals surface area contributed by atoms with Gasteiger partial charge in [-0.1, -0.05) is 41.6 Å². The molecule has 0 saturated carbocycles. The van der Waals surface area contributed by atoms with Crippen molar-refractivity contribution >= 4 is 45.3 Å². The number of thioether (sulfide) groups is 1. The first-order valence-electron chi connectivity index (χ1n) is 7.90. The van der Waals surface area contributed by atoms with Gasteiger partial charge in [-0.25, -0.2) is 0 Å². The molecule has 26 heavy (non-hydrogen) atoms. The van der Waals surface area contributed by atoms with E-state index < -0.39 is 12.0 Å². The van der Waals surface area contributed by atoms with E-state index in [9.17, 15) is 9.90 Å². The third kappa shape index (κ3) is 4.28. The average molecular weight is 459 g/mol. The molecule has 2 N–H and O–H groups in total. The van der Waals surface area contributed by atoms with E-state index in [4.69, 9.17) is 21.1 Å². The fourth-order valence-corrected chi connectivity index (χ4v) is 4.75. The standard InChI is InChI=1S/C18H17BrClNO4S/c1-24-15-7-11(17-21-14(9-26-17)18(22)23)6-12(19)16(15)25-8-10-4-2-3-5-13(10)20/h2-7,14,17,21H,8-9H2,1H3,(H,22,23). The maximum Gasteiger partial charge on any atom is 0.175 e. The Morgan fingerprint density at radius 1 is 1.42 bits per heavy atom. The number of hydrogen-bond donors (Lipinski definition) is 1. The summed E-state index contributed by atoms with van der Waals surface area (Å²) in [4.78, 5) is 11.0. The molecule has 0 radical (unpaired) electrons. The number of carbonyl (C=O) groups excluding carboxylic acids is 1. The van der Waals surface area contributed by atoms with Gasteiger partial charge in [-0.15, -0.1) is 0 Å². The Morgan fingerprint density at radius 3 is 2.85 bits per heavy atom. The highest BCUT2D eigenvalue weighted by atomic mass is 79.9. The van der Waals surface area contributed by atoms with Gasteiger partial charge in [-0.3, -0.25) is 0 Å². The monoisotopic (exact) mass is 457 g/mol. The van der Waals surface area contributed by atoms with Crippen LogP contribution in [0.4, 0.5) is 0 Å². The normalized spacial score (nSPS) is 19.3. The fourth-order valence-electron chi connectivity index (χ4n) is 2.69. The van der Waals surface area contributed by atoms with E-state index in [2.05, 4.69) is 15.9 Å². The molecular formula is C18H17BrClNO4S. The van der Waals surface area contributed by atoms with E-state index in [0.29, 0.717) is 28.9 Å². The summed E-state index contributed by atoms with van der Waals surface area (Å²) in [5.41, 5.74) is 1.83. The second-order valence-corrected chi connectivity index (χ2v) is 8.22. The summed E-state index contributed by atoms with van der Waals surface area (Å²) in [5, 5.41) is 13.5. The Bertz CT molecular complexity index is 820. The van der Waals surface area contributed by atoms with Crippen LogP contribution in [-0.2, 0) is 11.4 Å². The van der Waals surface area contributed by atoms with Crippen LogP contribution < -0.4 is 19.9 Å². The van der Waals surface area contributed by atoms with Gasteiger partial charge in [0.05, 0.1) is 17.3 Å². The first kappa shape index (κ1) is 19.4. The van der Waals surface area contributed by atoms with Gasteiger partial charge in [0.1, 0.15) is 18.6 Å². The smallest absolute Gasteiger partial charge is 0.175 e. The lowest BCUT2D eigenvalue weighted by molar-refractivity contribution is -0.690. The van der Waals surface area contributed by atoms with Gasteiger partial charge in [0.25, 0.3) is 0 Å². The van der Waals surface area contributed by atoms with E-state index >= 15 is 0 Å². The van der Waals surface area contributed by atoms with Crippen LogP contribution in [0.25, 0.3) is 0 Å². The van der Waals surface area contributed by atoms with E-state index in [0.717, 1.165) is 15.6 Å². The SMILES string of the molecule is COc1cc(C2[NH2+]C(C(=O)[O-])CS2)cc(Br)c1OCc1ccccc1Cl. The number of quaternary nitrogens is 1. The minimum absolute atomic E-state index is 0.0271. The van der Waals surface area contributed by atoms with Crippen LogP contribution in [0, 0.1) is 0 Å². The van der Waals surface area contributed by atoms with Gasteiger partial charge < -0.3 is 24.7 Å². The number of hydrogen-bond acceptors (Lipinski definition) is 5. The molecule has 138 valence electrons. The number of aliphatic carboxylic acids is 1. The highest BCUT2D eigenvalue weighted by Gasteiger charge is 2.32. The zero-order valence-corrected chi connectivity index (χ0v) is 17.1. The van der Waals surface area contributed by atoms with Crippen LogP contribution in [0.5, 0.6) is 11.5 Å². The molecule has 1 aliphatic rings. The molecule has 8 heteroatoms. The summed E-state index contributed by atoms with van der Waals surface area (Å²) >= 11 is 11.3. The molecule has 5 nitrogen and oxygen atoms in total. The third-order valence-electron chi connectivity index (χ3n) is 4.08. The molecule has 0 amide bonds. The lowest BCUT2D eigenvalue weighted by Gasteiger charge is -2.17. The van der Waals surface area contributed by atoms with Gasteiger partial charge in [0.15, 0.2) is 16.9 Å². The third-order valence-corrected chi connectivity index (χ3v) is 6.37. The summed E-state index contributed by atoms with van der Waals surface area (Å²) in [7, 11) is 1.57. The quantitative estimate of drug-likeness (QED) is 0.718. The molecule has 2 atom stereocenters. The second-order valence-electron chi connectivity index (χ2n) is 5.79. The summed E-state index contributed by atoms with van der Waals surface area (Å²) in [6, 6.07) is 10.8. The Hall–Kier alpha value is -1.41. The molecular weight excluding hydrogens is 442 g/mol. The molecule has 0 spiro atoms. The van der Waals surface area contributed by atoms with Gasteiger partial charge >= 0.3 is 0 Å². The Balaban J connectivity index is 1.79. The van der Waals surface area contributed by atoms with Crippen molar-refractivity contribution in [2.45, 2.75) is 18.0 Å². The predicted molar refractivity (Wildman–Crippen MR) is 102 cm³/mol. The van der Waals surface area contributed by atoms with Crippen LogP contribution in [0.3, 0.4) is 0 Å². The fraction of sp³-hybridized carbons (Fsp3) is 0.278. The molecule has 0 bridgehead atoms. The number of methoxy groups -OCH3 is 1. The van der Waals surface area contributed by atoms with E-state index in [1.165, 1.54) is 0 Å². The average Bonchev–Trinajstić information content (AvgIpc) is 3.12. The zero-order chi connectivity index (χ0) is 18.7. The van der Waals surface area contributed by atoms with Crippen LogP contribution in [-0.4, -0.2) is 24.9 Å². The van der Waals surface area contributed by atoms with Crippen molar-refractivity contribution < 1.29 is 24.7 Å². The van der Waals surface area contributed by atoms with E-state index in [1.54, 1.807) is 24.2 Å². The summed E-state index contributed by atoms with van der Waals surface area (Å²) < 4.78 is 12.1. The lowest BCUT2D eigenvalue weighted by Crippen LogP contribution is -2.90. The molecule has 1 aliphatic heterocycles. The number of rotatable bonds is 6. The Morgan fingerprint density at radius 2 is 2.19 bits per heavy atom. The molecule has 2 aromatic rings. The topological polar surface area (TPSA) is 75.2 Å². The van der Waals surface area contributed by atoms with E-state index in [-0.39, 0.29) is 5.37 Å². The molecule has 1 saturated heterocycles. The summed E-state index contributed by atoms with van der Waals surface area (Å²) in [6.07, 6.45) is 0. The first-order chi connectivity index (χ1) is 12.5. The van der Waals surface area contributed by atoms with Crippen molar-refractivity contribution in [2.75, 3.05) is 12.9 Å². The zero-order valence-electron chi connectivity index (χ0n) is 13.9. The molecule has 3 rings (SSSR count). The van der Waals surface area contributed by atoms with Gasteiger partial charge in [0.2, 0.25) is 0 Å². The molecule has 0 aliphatic carbocycles. The van der Waals surface area contributed by atoms with Crippen LogP contribution in [0.2, 0.25) is 5.02 Å². The molecule has 1 fully saturated rings. The Kier molecular flexibility index (Phi) is 6.34. The van der Waals surface area contributed by atoms with Crippen molar-refractivity contribution in [3.8, 4) is 11.5 Å². The lowest BCUT2D eigenvalue weighted by atomic mass is 10.2. The van der Waals surface area contributed by atoms with Gasteiger partial charge in [0, 0.05) is 16.1 Å². The van der Waals surface area contributed by atoms with E-state index in [1.807, 2.05) is 36.4 Å². The van der Waals surface area contributed by atoms with Gasteiger partial charge in [-0.05, 0) is 34.1 Å². The van der Waals surface area contributed by atoms with Crippen LogP contribution in [0.15, 0.2) is 40.9 Å². The number of ether oxygens (including phenoxy) is 2. The van der Waals surface area contributed by atoms with Crippen LogP contribution >= 0.6 is 39.3 Å². The van der Waals surface area contributed by atoms with Crippen molar-refractivity contribution in [3.05, 3.63) is 57.0 Å². The Labute approximate surface area is 169 Å². The minimum Gasteiger partial charge on any atom is -0.544 e. The molecule has 1 heterocycles. The molecule has 2 unspecified atom stereocenters. The second kappa shape index (κ2) is 8.52. The first-order valence-corrected chi connectivity index (χ1v) is 10.1. The highest BCUT2D eigenvalue weighted by Crippen LogP contribution is 2.40. The highest BCUT2D eigenvalue weighted by molar-refractivity contribution is 9.10. The summed E-state index contributed by atoms with van der Waals surface area (Å²) in [6.45, 7) is 0.311. The minimum atomic E-state index is -1.04. The van der Waals surface area contributed by atoms with Crippen molar-refractivity contribution in [2.24, 2.45) is 0 Å². The summed E-state index contributed by atoms with van der Waals surface area (Å²) in [5.74, 6) is 0.631. The number of carboxylic acids is 1. The number of nitrogens with two attached hydrogens (primary N) is 1. The largest absolute Gasteiger partial charge is 0.544 e. The van der Waals surface area contributed by atoms with Crippen molar-refractivity contribution in [3.63, 3.8) is 0 Å². The molecule has 0 aromatic heterocycles. The number of halogens is 2. The van der Waals surface area contributed by atoms with Crippen LogP contribution in [0.1, 0.15) is 16.5 Å².